The second kappa shape index (κ2) is 6.39. The number of hydrogen-bond donors (Lipinski definition) is 1. The van der Waals surface area contributed by atoms with Crippen LogP contribution in [0.3, 0.4) is 0 Å². The minimum absolute atomic E-state index is 0.177. The van der Waals surface area contributed by atoms with Gasteiger partial charge >= 0.3 is 0 Å². The van der Waals surface area contributed by atoms with E-state index in [0.717, 1.165) is 16.8 Å². The van der Waals surface area contributed by atoms with Crippen LogP contribution in [0.4, 0.5) is 10.2 Å². The molecule has 3 aromatic rings. The molecular formula is C17H15FN4O. The molecule has 116 valence electrons. The fourth-order valence-corrected chi connectivity index (χ4v) is 2.22. The summed E-state index contributed by atoms with van der Waals surface area (Å²) in [6.45, 7) is 0. The van der Waals surface area contributed by atoms with Gasteiger partial charge in [-0.05, 0) is 29.8 Å². The zero-order valence-corrected chi connectivity index (χ0v) is 12.5. The number of carbonyl (C=O) groups is 1. The van der Waals surface area contributed by atoms with Crippen molar-refractivity contribution in [1.82, 2.24) is 14.8 Å². The summed E-state index contributed by atoms with van der Waals surface area (Å²) in [7, 11) is 1.76. The number of benzene rings is 1. The molecule has 0 atom stereocenters. The van der Waals surface area contributed by atoms with Crippen molar-refractivity contribution in [2.45, 2.75) is 6.42 Å². The van der Waals surface area contributed by atoms with Crippen LogP contribution in [0.5, 0.6) is 0 Å². The maximum Gasteiger partial charge on any atom is 0.229 e. The molecule has 0 radical (unpaired) electrons. The third-order valence-electron chi connectivity index (χ3n) is 3.40. The van der Waals surface area contributed by atoms with E-state index in [0.29, 0.717) is 5.82 Å². The first-order chi connectivity index (χ1) is 11.1. The van der Waals surface area contributed by atoms with E-state index >= 15 is 0 Å². The Hall–Kier alpha value is -3.02. The summed E-state index contributed by atoms with van der Waals surface area (Å²) in [5, 5.41) is 7.19. The number of halogens is 1. The van der Waals surface area contributed by atoms with Gasteiger partial charge in [0.15, 0.2) is 0 Å². The van der Waals surface area contributed by atoms with E-state index in [1.165, 1.54) is 12.1 Å². The average molecular weight is 310 g/mol. The highest BCUT2D eigenvalue weighted by molar-refractivity contribution is 5.92. The predicted molar refractivity (Wildman–Crippen MR) is 85.2 cm³/mol. The number of rotatable bonds is 4. The van der Waals surface area contributed by atoms with Crippen LogP contribution in [-0.4, -0.2) is 20.7 Å². The summed E-state index contributed by atoms with van der Waals surface area (Å²) in [5.41, 5.74) is 2.43. The van der Waals surface area contributed by atoms with Gasteiger partial charge in [0.25, 0.3) is 0 Å². The summed E-state index contributed by atoms with van der Waals surface area (Å²) in [6, 6.07) is 11.4. The first-order valence-corrected chi connectivity index (χ1v) is 7.10. The molecule has 1 aromatic carbocycles. The lowest BCUT2D eigenvalue weighted by atomic mass is 10.1. The Balaban J connectivity index is 1.71. The van der Waals surface area contributed by atoms with E-state index in [1.807, 2.05) is 12.1 Å². The van der Waals surface area contributed by atoms with Crippen molar-refractivity contribution in [3.05, 3.63) is 66.2 Å². The van der Waals surface area contributed by atoms with Crippen LogP contribution in [-0.2, 0) is 18.3 Å². The van der Waals surface area contributed by atoms with E-state index in [2.05, 4.69) is 15.4 Å². The molecule has 2 heterocycles. The van der Waals surface area contributed by atoms with Crippen LogP contribution in [0.25, 0.3) is 11.3 Å². The molecule has 3 rings (SSSR count). The minimum Gasteiger partial charge on any atom is -0.311 e. The molecule has 0 aliphatic heterocycles. The van der Waals surface area contributed by atoms with Crippen LogP contribution in [0.15, 0.2) is 54.9 Å². The van der Waals surface area contributed by atoms with Crippen molar-refractivity contribution in [3.63, 3.8) is 0 Å². The molecule has 5 nitrogen and oxygen atoms in total. The SMILES string of the molecule is Cn1nc(-c2ccncc2)cc1NC(=O)Cc1ccc(F)cc1. The maximum atomic E-state index is 12.9. The van der Waals surface area contributed by atoms with Gasteiger partial charge in [-0.2, -0.15) is 5.10 Å². The van der Waals surface area contributed by atoms with Gasteiger partial charge in [-0.1, -0.05) is 12.1 Å². The zero-order chi connectivity index (χ0) is 16.2. The minimum atomic E-state index is -0.317. The second-order valence-corrected chi connectivity index (χ2v) is 5.13. The number of aryl methyl sites for hydroxylation is 1. The van der Waals surface area contributed by atoms with Crippen LogP contribution in [0, 0.1) is 5.82 Å². The van der Waals surface area contributed by atoms with Crippen LogP contribution < -0.4 is 5.32 Å². The molecule has 0 saturated heterocycles. The van der Waals surface area contributed by atoms with Gasteiger partial charge in [0, 0.05) is 31.1 Å². The van der Waals surface area contributed by atoms with E-state index in [4.69, 9.17) is 0 Å². The van der Waals surface area contributed by atoms with Gasteiger partial charge in [0.2, 0.25) is 5.91 Å². The number of anilines is 1. The van der Waals surface area contributed by atoms with Crippen molar-refractivity contribution in [2.75, 3.05) is 5.32 Å². The molecule has 0 spiro atoms. The fraction of sp³-hybridized carbons (Fsp3) is 0.118. The predicted octanol–water partition coefficient (Wildman–Crippen LogP) is 2.80. The number of nitrogens with zero attached hydrogens (tertiary/aromatic N) is 3. The van der Waals surface area contributed by atoms with Gasteiger partial charge in [0.1, 0.15) is 11.6 Å². The van der Waals surface area contributed by atoms with Gasteiger partial charge in [-0.3, -0.25) is 14.5 Å². The number of aromatic nitrogens is 3. The normalized spacial score (nSPS) is 10.5. The van der Waals surface area contributed by atoms with Crippen molar-refractivity contribution < 1.29 is 9.18 Å². The first kappa shape index (κ1) is 14.9. The van der Waals surface area contributed by atoms with Crippen molar-refractivity contribution in [1.29, 1.82) is 0 Å². The third-order valence-corrected chi connectivity index (χ3v) is 3.40. The van der Waals surface area contributed by atoms with Gasteiger partial charge < -0.3 is 5.32 Å². The van der Waals surface area contributed by atoms with Crippen molar-refractivity contribution in [2.24, 2.45) is 7.05 Å². The lowest BCUT2D eigenvalue weighted by Gasteiger charge is -2.05. The Morgan fingerprint density at radius 1 is 1.17 bits per heavy atom. The van der Waals surface area contributed by atoms with Crippen LogP contribution in [0.2, 0.25) is 0 Å². The molecule has 1 amide bonds. The Kier molecular flexibility index (Phi) is 4.14. The molecule has 0 aliphatic carbocycles. The molecule has 1 N–H and O–H groups in total. The summed E-state index contributed by atoms with van der Waals surface area (Å²) < 4.78 is 14.5. The molecule has 0 fully saturated rings. The maximum absolute atomic E-state index is 12.9. The fourth-order valence-electron chi connectivity index (χ4n) is 2.22. The quantitative estimate of drug-likeness (QED) is 0.806. The highest BCUT2D eigenvalue weighted by atomic mass is 19.1. The number of pyridine rings is 1. The van der Waals surface area contributed by atoms with Crippen molar-refractivity contribution >= 4 is 11.7 Å². The second-order valence-electron chi connectivity index (χ2n) is 5.13. The number of nitrogens with one attached hydrogen (secondary N) is 1. The smallest absolute Gasteiger partial charge is 0.229 e. The first-order valence-electron chi connectivity index (χ1n) is 7.10. The van der Waals surface area contributed by atoms with E-state index in [-0.39, 0.29) is 18.1 Å². The largest absolute Gasteiger partial charge is 0.311 e. The molecule has 6 heteroatoms. The van der Waals surface area contributed by atoms with Crippen LogP contribution >= 0.6 is 0 Å². The van der Waals surface area contributed by atoms with E-state index in [9.17, 15) is 9.18 Å². The summed E-state index contributed by atoms with van der Waals surface area (Å²) in [6.07, 6.45) is 3.56. The van der Waals surface area contributed by atoms with Gasteiger partial charge in [-0.25, -0.2) is 4.39 Å². The lowest BCUT2D eigenvalue weighted by Crippen LogP contribution is -2.16. The van der Waals surface area contributed by atoms with E-state index < -0.39 is 0 Å². The lowest BCUT2D eigenvalue weighted by molar-refractivity contribution is -0.115. The topological polar surface area (TPSA) is 59.8 Å². The third kappa shape index (κ3) is 3.60. The monoisotopic (exact) mass is 310 g/mol. The zero-order valence-electron chi connectivity index (χ0n) is 12.5. The van der Waals surface area contributed by atoms with Crippen molar-refractivity contribution in [3.8, 4) is 11.3 Å². The highest BCUT2D eigenvalue weighted by Crippen LogP contribution is 2.20. The Morgan fingerprint density at radius 2 is 1.87 bits per heavy atom. The molecule has 0 saturated carbocycles. The van der Waals surface area contributed by atoms with E-state index in [1.54, 1.807) is 42.3 Å². The number of hydrogen-bond acceptors (Lipinski definition) is 3. The summed E-state index contributed by atoms with van der Waals surface area (Å²) in [4.78, 5) is 16.1. The van der Waals surface area contributed by atoms with Gasteiger partial charge in [-0.15, -0.1) is 0 Å². The highest BCUT2D eigenvalue weighted by Gasteiger charge is 2.10. The molecular weight excluding hydrogens is 295 g/mol. The number of carbonyl (C=O) groups excluding carboxylic acids is 1. The molecule has 23 heavy (non-hydrogen) atoms. The van der Waals surface area contributed by atoms with Crippen LogP contribution in [0.1, 0.15) is 5.56 Å². The Bertz CT molecular complexity index is 812. The molecule has 0 bridgehead atoms. The molecule has 0 unspecified atom stereocenters. The van der Waals surface area contributed by atoms with Gasteiger partial charge in [0.05, 0.1) is 12.1 Å². The Labute approximate surface area is 132 Å². The Morgan fingerprint density at radius 3 is 2.57 bits per heavy atom. The summed E-state index contributed by atoms with van der Waals surface area (Å²) >= 11 is 0. The molecule has 0 aliphatic rings. The molecule has 2 aromatic heterocycles. The number of amides is 1. The average Bonchev–Trinajstić information content (AvgIpc) is 2.91. The summed E-state index contributed by atoms with van der Waals surface area (Å²) in [5.74, 6) is 0.104. The standard InChI is InChI=1S/C17H15FN4O/c1-22-16(11-15(21-22)13-6-8-19-9-7-13)20-17(23)10-12-2-4-14(18)5-3-12/h2-9,11H,10H2,1H3,(H,20,23).